The van der Waals surface area contributed by atoms with Crippen molar-refractivity contribution in [1.29, 1.82) is 0 Å². The highest BCUT2D eigenvalue weighted by atomic mass is 15.3. The molecule has 1 atom stereocenters. The molecule has 0 amide bonds. The van der Waals surface area contributed by atoms with E-state index < -0.39 is 0 Å². The average molecular weight is 276 g/mol. The van der Waals surface area contributed by atoms with Crippen molar-refractivity contribution in [2.24, 2.45) is 5.84 Å². The number of rotatable bonds is 5. The summed E-state index contributed by atoms with van der Waals surface area (Å²) in [5, 5.41) is 11.1. The van der Waals surface area contributed by atoms with Gasteiger partial charge in [-0.3, -0.25) is 15.4 Å². The van der Waals surface area contributed by atoms with Crippen LogP contribution in [-0.4, -0.2) is 50.7 Å². The number of hydrazine groups is 1. The van der Waals surface area contributed by atoms with Crippen molar-refractivity contribution >= 4 is 22.8 Å². The quantitative estimate of drug-likeness (QED) is 0.466. The van der Waals surface area contributed by atoms with Gasteiger partial charge in [0.2, 0.25) is 5.95 Å². The number of hydrogen-bond donors (Lipinski definition) is 4. The van der Waals surface area contributed by atoms with Crippen LogP contribution in [0.3, 0.4) is 0 Å². The van der Waals surface area contributed by atoms with Crippen LogP contribution in [0.2, 0.25) is 0 Å². The van der Waals surface area contributed by atoms with Crippen molar-refractivity contribution in [3.63, 3.8) is 0 Å². The summed E-state index contributed by atoms with van der Waals surface area (Å²) < 4.78 is 0. The molecule has 108 valence electrons. The first-order valence-corrected chi connectivity index (χ1v) is 6.93. The zero-order valence-electron chi connectivity index (χ0n) is 11.6. The van der Waals surface area contributed by atoms with E-state index in [4.69, 9.17) is 5.84 Å². The lowest BCUT2D eigenvalue weighted by Crippen LogP contribution is -2.35. The molecule has 1 aliphatic rings. The predicted molar refractivity (Wildman–Crippen MR) is 78.3 cm³/mol. The molecule has 1 unspecified atom stereocenters. The molecule has 8 heteroatoms. The monoisotopic (exact) mass is 276 g/mol. The minimum absolute atomic E-state index is 0.373. The smallest absolute Gasteiger partial charge is 0.241 e. The third-order valence-corrected chi connectivity index (χ3v) is 3.77. The number of nitrogen functional groups attached to an aromatic ring is 1. The number of aromatic amines is 1. The van der Waals surface area contributed by atoms with Gasteiger partial charge in [0.15, 0.2) is 5.65 Å². The molecular weight excluding hydrogens is 256 g/mol. The van der Waals surface area contributed by atoms with E-state index >= 15 is 0 Å². The van der Waals surface area contributed by atoms with Gasteiger partial charge in [-0.1, -0.05) is 0 Å². The van der Waals surface area contributed by atoms with E-state index in [1.807, 2.05) is 0 Å². The van der Waals surface area contributed by atoms with Gasteiger partial charge in [-0.25, -0.2) is 5.84 Å². The first-order valence-electron chi connectivity index (χ1n) is 6.93. The number of likely N-dealkylation sites (tertiary alicyclic amines) is 1. The Kier molecular flexibility index (Phi) is 3.66. The number of nitrogens with zero attached hydrogens (tertiary/aromatic N) is 4. The van der Waals surface area contributed by atoms with E-state index in [1.165, 1.54) is 25.9 Å². The SMILES string of the molecule is CC(CNc1nc(NN)nc2[nH]ncc12)N1CCCC1. The number of aromatic nitrogens is 4. The summed E-state index contributed by atoms with van der Waals surface area (Å²) in [5.74, 6) is 6.51. The summed E-state index contributed by atoms with van der Waals surface area (Å²) in [5.41, 5.74) is 3.14. The number of H-pyrrole nitrogens is 1. The molecule has 0 spiro atoms. The Morgan fingerprint density at radius 2 is 2.20 bits per heavy atom. The van der Waals surface area contributed by atoms with E-state index in [0.29, 0.717) is 17.6 Å². The summed E-state index contributed by atoms with van der Waals surface area (Å²) in [6.07, 6.45) is 4.31. The fraction of sp³-hybridized carbons (Fsp3) is 0.583. The van der Waals surface area contributed by atoms with Gasteiger partial charge < -0.3 is 5.32 Å². The van der Waals surface area contributed by atoms with Crippen LogP contribution in [0.1, 0.15) is 19.8 Å². The second-order valence-electron chi connectivity index (χ2n) is 5.15. The van der Waals surface area contributed by atoms with E-state index in [2.05, 4.69) is 42.7 Å². The second-order valence-corrected chi connectivity index (χ2v) is 5.15. The molecule has 1 aliphatic heterocycles. The van der Waals surface area contributed by atoms with Gasteiger partial charge in [0, 0.05) is 12.6 Å². The lowest BCUT2D eigenvalue weighted by atomic mass is 10.3. The summed E-state index contributed by atoms with van der Waals surface area (Å²) in [6, 6.07) is 0.476. The molecule has 3 heterocycles. The van der Waals surface area contributed by atoms with Crippen LogP contribution >= 0.6 is 0 Å². The molecule has 8 nitrogen and oxygen atoms in total. The van der Waals surface area contributed by atoms with Crippen LogP contribution in [0.4, 0.5) is 11.8 Å². The van der Waals surface area contributed by atoms with Crippen LogP contribution in [0.5, 0.6) is 0 Å². The fourth-order valence-corrected chi connectivity index (χ4v) is 2.59. The second kappa shape index (κ2) is 5.59. The molecule has 1 saturated heterocycles. The normalized spacial score (nSPS) is 17.5. The molecule has 3 rings (SSSR count). The van der Waals surface area contributed by atoms with Gasteiger partial charge in [0.25, 0.3) is 0 Å². The maximum Gasteiger partial charge on any atom is 0.241 e. The summed E-state index contributed by atoms with van der Waals surface area (Å²) in [6.45, 7) is 5.43. The van der Waals surface area contributed by atoms with E-state index in [0.717, 1.165) is 17.7 Å². The average Bonchev–Trinajstić information content (AvgIpc) is 3.14. The molecule has 0 saturated carbocycles. The van der Waals surface area contributed by atoms with Crippen LogP contribution in [0, 0.1) is 0 Å². The van der Waals surface area contributed by atoms with Crippen molar-refractivity contribution in [3.8, 4) is 0 Å². The van der Waals surface area contributed by atoms with Crippen molar-refractivity contribution in [2.45, 2.75) is 25.8 Å². The minimum Gasteiger partial charge on any atom is -0.368 e. The highest BCUT2D eigenvalue weighted by molar-refractivity contribution is 5.86. The van der Waals surface area contributed by atoms with E-state index in [1.54, 1.807) is 6.20 Å². The molecule has 0 bridgehead atoms. The van der Waals surface area contributed by atoms with Gasteiger partial charge in [0.1, 0.15) is 5.82 Å². The standard InChI is InChI=1S/C12H20N8/c1-8(20-4-2-3-5-20)6-14-10-9-7-15-19-11(9)17-12(16-10)18-13/h7-8H,2-6,13H2,1H3,(H3,14,15,16,17,18,19). The predicted octanol–water partition coefficient (Wildman–Crippen LogP) is 0.535. The van der Waals surface area contributed by atoms with Crippen molar-refractivity contribution < 1.29 is 0 Å². The lowest BCUT2D eigenvalue weighted by Gasteiger charge is -2.24. The number of anilines is 2. The maximum atomic E-state index is 5.39. The Morgan fingerprint density at radius 3 is 2.95 bits per heavy atom. The third kappa shape index (κ3) is 2.52. The number of nitrogens with two attached hydrogens (primary N) is 1. The minimum atomic E-state index is 0.373. The summed E-state index contributed by atoms with van der Waals surface area (Å²) in [4.78, 5) is 11.0. The molecule has 1 fully saturated rings. The highest BCUT2D eigenvalue weighted by Crippen LogP contribution is 2.20. The highest BCUT2D eigenvalue weighted by Gasteiger charge is 2.18. The Morgan fingerprint density at radius 1 is 1.40 bits per heavy atom. The largest absolute Gasteiger partial charge is 0.368 e. The number of nitrogens with one attached hydrogen (secondary N) is 3. The summed E-state index contributed by atoms with van der Waals surface area (Å²) >= 11 is 0. The van der Waals surface area contributed by atoms with Crippen molar-refractivity contribution in [2.75, 3.05) is 30.4 Å². The zero-order chi connectivity index (χ0) is 13.9. The van der Waals surface area contributed by atoms with Gasteiger partial charge in [0.05, 0.1) is 11.6 Å². The molecule has 2 aromatic rings. The summed E-state index contributed by atoms with van der Waals surface area (Å²) in [7, 11) is 0. The molecule has 0 aliphatic carbocycles. The Hall–Kier alpha value is -1.93. The van der Waals surface area contributed by atoms with Crippen LogP contribution in [0.25, 0.3) is 11.0 Å². The van der Waals surface area contributed by atoms with Crippen molar-refractivity contribution in [1.82, 2.24) is 25.1 Å². The Labute approximate surface area is 117 Å². The maximum absolute atomic E-state index is 5.39. The number of hydrogen-bond acceptors (Lipinski definition) is 7. The molecular formula is C12H20N8. The molecule has 20 heavy (non-hydrogen) atoms. The number of fused-ring (bicyclic) bond motifs is 1. The molecule has 2 aromatic heterocycles. The first-order chi connectivity index (χ1) is 9.78. The van der Waals surface area contributed by atoms with E-state index in [-0.39, 0.29) is 0 Å². The fourth-order valence-electron chi connectivity index (χ4n) is 2.59. The topological polar surface area (TPSA) is 108 Å². The van der Waals surface area contributed by atoms with Crippen molar-refractivity contribution in [3.05, 3.63) is 6.20 Å². The zero-order valence-corrected chi connectivity index (χ0v) is 11.6. The lowest BCUT2D eigenvalue weighted by molar-refractivity contribution is 0.269. The van der Waals surface area contributed by atoms with E-state index in [9.17, 15) is 0 Å². The van der Waals surface area contributed by atoms with Gasteiger partial charge in [-0.05, 0) is 32.9 Å². The van der Waals surface area contributed by atoms with Gasteiger partial charge in [-0.2, -0.15) is 15.1 Å². The van der Waals surface area contributed by atoms with Gasteiger partial charge >= 0.3 is 0 Å². The molecule has 0 aromatic carbocycles. The molecule has 5 N–H and O–H groups in total. The Balaban J connectivity index is 1.74. The Bertz CT molecular complexity index is 574. The van der Waals surface area contributed by atoms with Crippen LogP contribution in [-0.2, 0) is 0 Å². The van der Waals surface area contributed by atoms with Gasteiger partial charge in [-0.15, -0.1) is 0 Å². The van der Waals surface area contributed by atoms with Crippen LogP contribution in [0.15, 0.2) is 6.20 Å². The third-order valence-electron chi connectivity index (χ3n) is 3.77. The van der Waals surface area contributed by atoms with Crippen LogP contribution < -0.4 is 16.6 Å². The first kappa shape index (κ1) is 13.1. The molecule has 0 radical (unpaired) electrons.